The van der Waals surface area contributed by atoms with Crippen LogP contribution in [0, 0.1) is 0 Å². The summed E-state index contributed by atoms with van der Waals surface area (Å²) in [7, 11) is 4.94. The number of amides is 1. The largest absolute Gasteiger partial charge is 0.434 e. The molecule has 0 aromatic carbocycles. The SMILES string of the molecule is CN(C)CCCNC(=O)c1nn(C)c(C(F)(F)F)c1Br. The Bertz CT molecular complexity index is 485. The van der Waals surface area contributed by atoms with Gasteiger partial charge in [0.05, 0.1) is 4.47 Å². The fourth-order valence-corrected chi connectivity index (χ4v) is 2.37. The molecule has 0 saturated heterocycles. The lowest BCUT2D eigenvalue weighted by molar-refractivity contribution is -0.144. The van der Waals surface area contributed by atoms with Crippen molar-refractivity contribution < 1.29 is 18.0 Å². The van der Waals surface area contributed by atoms with E-state index < -0.39 is 17.8 Å². The van der Waals surface area contributed by atoms with Crippen molar-refractivity contribution in [2.45, 2.75) is 12.6 Å². The summed E-state index contributed by atoms with van der Waals surface area (Å²) < 4.78 is 38.6. The minimum absolute atomic E-state index is 0.260. The van der Waals surface area contributed by atoms with Crippen LogP contribution < -0.4 is 5.32 Å². The minimum Gasteiger partial charge on any atom is -0.351 e. The minimum atomic E-state index is -4.57. The van der Waals surface area contributed by atoms with Gasteiger partial charge in [-0.05, 0) is 43.0 Å². The molecule has 0 spiro atoms. The van der Waals surface area contributed by atoms with Crippen LogP contribution in [0.25, 0.3) is 0 Å². The zero-order chi connectivity index (χ0) is 15.5. The third kappa shape index (κ3) is 4.20. The number of carbonyl (C=O) groups excluding carboxylic acids is 1. The molecule has 0 atom stereocenters. The van der Waals surface area contributed by atoms with Gasteiger partial charge in [0.1, 0.15) is 0 Å². The van der Waals surface area contributed by atoms with Crippen LogP contribution in [0.1, 0.15) is 22.6 Å². The maximum absolute atomic E-state index is 12.8. The Morgan fingerprint density at radius 2 is 2.05 bits per heavy atom. The van der Waals surface area contributed by atoms with Gasteiger partial charge < -0.3 is 10.2 Å². The lowest BCUT2D eigenvalue weighted by Crippen LogP contribution is -2.27. The van der Waals surface area contributed by atoms with Gasteiger partial charge in [-0.3, -0.25) is 9.48 Å². The predicted octanol–water partition coefficient (Wildman–Crippen LogP) is 1.88. The van der Waals surface area contributed by atoms with Gasteiger partial charge in [0.15, 0.2) is 11.4 Å². The Morgan fingerprint density at radius 1 is 1.45 bits per heavy atom. The van der Waals surface area contributed by atoms with Crippen LogP contribution in [0.2, 0.25) is 0 Å². The van der Waals surface area contributed by atoms with Crippen LogP contribution in [0.3, 0.4) is 0 Å². The van der Waals surface area contributed by atoms with E-state index in [0.717, 1.165) is 13.6 Å². The topological polar surface area (TPSA) is 50.2 Å². The van der Waals surface area contributed by atoms with E-state index in [9.17, 15) is 18.0 Å². The van der Waals surface area contributed by atoms with Crippen LogP contribution in [0.15, 0.2) is 4.47 Å². The molecule has 0 aliphatic rings. The number of aryl methyl sites for hydroxylation is 1. The van der Waals surface area contributed by atoms with E-state index >= 15 is 0 Å². The van der Waals surface area contributed by atoms with Crippen LogP contribution in [0.5, 0.6) is 0 Å². The van der Waals surface area contributed by atoms with Gasteiger partial charge in [0.25, 0.3) is 5.91 Å². The van der Waals surface area contributed by atoms with Gasteiger partial charge in [-0.2, -0.15) is 18.3 Å². The smallest absolute Gasteiger partial charge is 0.351 e. The van der Waals surface area contributed by atoms with Crippen molar-refractivity contribution in [2.75, 3.05) is 27.2 Å². The third-order valence-corrected chi connectivity index (χ3v) is 3.29. The summed E-state index contributed by atoms with van der Waals surface area (Å²) in [4.78, 5) is 13.8. The standard InChI is InChI=1S/C11H16BrF3N4O/c1-18(2)6-4-5-16-10(20)8-7(12)9(11(13,14)15)19(3)17-8/h4-6H2,1-3H3,(H,16,20). The first-order valence-corrected chi connectivity index (χ1v) is 6.66. The average Bonchev–Trinajstić information content (AvgIpc) is 2.59. The molecule has 0 radical (unpaired) electrons. The molecule has 1 aromatic heterocycles. The van der Waals surface area contributed by atoms with E-state index in [2.05, 4.69) is 26.3 Å². The summed E-state index contributed by atoms with van der Waals surface area (Å²) in [5.74, 6) is -0.623. The highest BCUT2D eigenvalue weighted by Crippen LogP contribution is 2.36. The molecule has 0 unspecified atom stereocenters. The zero-order valence-corrected chi connectivity index (χ0v) is 13.0. The fraction of sp³-hybridized carbons (Fsp3) is 0.636. The number of nitrogens with one attached hydrogen (secondary N) is 1. The van der Waals surface area contributed by atoms with Crippen molar-refractivity contribution in [1.29, 1.82) is 0 Å². The first-order chi connectivity index (χ1) is 9.14. The number of hydrogen-bond donors (Lipinski definition) is 1. The summed E-state index contributed by atoms with van der Waals surface area (Å²) in [5, 5.41) is 6.17. The van der Waals surface area contributed by atoms with Gasteiger partial charge in [-0.1, -0.05) is 0 Å². The molecule has 0 saturated carbocycles. The molecule has 114 valence electrons. The normalized spacial score (nSPS) is 12.0. The Morgan fingerprint density at radius 3 is 2.50 bits per heavy atom. The second kappa shape index (κ2) is 6.57. The Kier molecular flexibility index (Phi) is 5.58. The number of halogens is 4. The van der Waals surface area contributed by atoms with Crippen molar-refractivity contribution in [3.63, 3.8) is 0 Å². The molecule has 1 N–H and O–H groups in total. The average molecular weight is 357 g/mol. The summed E-state index contributed by atoms with van der Waals surface area (Å²) in [6, 6.07) is 0. The van der Waals surface area contributed by atoms with Crippen LogP contribution in [0.4, 0.5) is 13.2 Å². The van der Waals surface area contributed by atoms with Crippen LogP contribution >= 0.6 is 15.9 Å². The monoisotopic (exact) mass is 356 g/mol. The molecule has 0 aliphatic carbocycles. The van der Waals surface area contributed by atoms with Gasteiger partial charge >= 0.3 is 6.18 Å². The van der Waals surface area contributed by atoms with E-state index in [-0.39, 0.29) is 10.2 Å². The molecule has 0 fully saturated rings. The number of rotatable bonds is 5. The fourth-order valence-electron chi connectivity index (χ4n) is 1.63. The molecule has 0 aliphatic heterocycles. The molecular weight excluding hydrogens is 341 g/mol. The number of alkyl halides is 3. The number of hydrogen-bond acceptors (Lipinski definition) is 3. The van der Waals surface area contributed by atoms with E-state index in [1.807, 2.05) is 19.0 Å². The lowest BCUT2D eigenvalue weighted by atomic mass is 10.3. The lowest BCUT2D eigenvalue weighted by Gasteiger charge is -2.09. The van der Waals surface area contributed by atoms with Crippen molar-refractivity contribution in [2.24, 2.45) is 7.05 Å². The molecule has 1 amide bonds. The highest BCUT2D eigenvalue weighted by Gasteiger charge is 2.39. The van der Waals surface area contributed by atoms with Crippen molar-refractivity contribution in [3.05, 3.63) is 15.9 Å². The zero-order valence-electron chi connectivity index (χ0n) is 11.4. The van der Waals surface area contributed by atoms with Gasteiger partial charge in [-0.25, -0.2) is 0 Å². The predicted molar refractivity (Wildman–Crippen MR) is 71.4 cm³/mol. The maximum Gasteiger partial charge on any atom is 0.434 e. The molecule has 0 bridgehead atoms. The first kappa shape index (κ1) is 17.0. The summed E-state index contributed by atoms with van der Waals surface area (Å²) >= 11 is 2.80. The summed E-state index contributed by atoms with van der Waals surface area (Å²) in [6.07, 6.45) is -3.86. The van der Waals surface area contributed by atoms with Crippen LogP contribution in [-0.4, -0.2) is 47.8 Å². The van der Waals surface area contributed by atoms with Crippen molar-refractivity contribution in [1.82, 2.24) is 20.0 Å². The van der Waals surface area contributed by atoms with Crippen LogP contribution in [-0.2, 0) is 13.2 Å². The first-order valence-electron chi connectivity index (χ1n) is 5.87. The Balaban J connectivity index is 2.75. The van der Waals surface area contributed by atoms with E-state index in [1.54, 1.807) is 0 Å². The van der Waals surface area contributed by atoms with E-state index in [0.29, 0.717) is 17.6 Å². The van der Waals surface area contributed by atoms with E-state index in [4.69, 9.17) is 0 Å². The third-order valence-electron chi connectivity index (χ3n) is 2.54. The van der Waals surface area contributed by atoms with E-state index in [1.165, 1.54) is 0 Å². The number of aromatic nitrogens is 2. The second-order valence-electron chi connectivity index (χ2n) is 4.55. The number of carbonyl (C=O) groups is 1. The number of nitrogens with zero attached hydrogens (tertiary/aromatic N) is 3. The molecule has 1 rings (SSSR count). The summed E-state index contributed by atoms with van der Waals surface area (Å²) in [6.45, 7) is 1.15. The highest BCUT2D eigenvalue weighted by molar-refractivity contribution is 9.10. The molecule has 5 nitrogen and oxygen atoms in total. The quantitative estimate of drug-likeness (QED) is 0.819. The van der Waals surface area contributed by atoms with Gasteiger partial charge in [0, 0.05) is 13.6 Å². The van der Waals surface area contributed by atoms with Crippen molar-refractivity contribution >= 4 is 21.8 Å². The van der Waals surface area contributed by atoms with Gasteiger partial charge in [0.2, 0.25) is 0 Å². The molecule has 9 heteroatoms. The van der Waals surface area contributed by atoms with Gasteiger partial charge in [-0.15, -0.1) is 0 Å². The molecule has 1 aromatic rings. The Labute approximate surface area is 123 Å². The second-order valence-corrected chi connectivity index (χ2v) is 5.34. The maximum atomic E-state index is 12.8. The molecule has 1 heterocycles. The highest BCUT2D eigenvalue weighted by atomic mass is 79.9. The molecular formula is C11H16BrF3N4O. The molecule has 20 heavy (non-hydrogen) atoms. The van der Waals surface area contributed by atoms with Crippen molar-refractivity contribution in [3.8, 4) is 0 Å². The Hall–Kier alpha value is -1.09. The summed E-state index contributed by atoms with van der Waals surface area (Å²) in [5.41, 5.74) is -1.24.